The van der Waals surface area contributed by atoms with Crippen LogP contribution in [0.25, 0.3) is 11.4 Å². The van der Waals surface area contributed by atoms with Gasteiger partial charge < -0.3 is 9.32 Å². The van der Waals surface area contributed by atoms with Gasteiger partial charge in [-0.15, -0.1) is 0 Å². The Morgan fingerprint density at radius 2 is 2.20 bits per heavy atom. The molecule has 3 rings (SSSR count). The molecule has 0 aliphatic carbocycles. The molecule has 0 radical (unpaired) electrons. The Balaban J connectivity index is 1.67. The Kier molecular flexibility index (Phi) is 3.87. The number of piperidine rings is 1. The number of aromatic nitrogens is 2. The van der Waals surface area contributed by atoms with E-state index in [4.69, 9.17) is 4.52 Å². The van der Waals surface area contributed by atoms with Gasteiger partial charge >= 0.3 is 0 Å². The highest BCUT2D eigenvalue weighted by Crippen LogP contribution is 2.18. The van der Waals surface area contributed by atoms with Gasteiger partial charge in [0.2, 0.25) is 11.7 Å². The molecule has 1 aliphatic rings. The van der Waals surface area contributed by atoms with Crippen molar-refractivity contribution in [2.24, 2.45) is 5.92 Å². The molecule has 0 spiro atoms. The first-order valence-electron chi connectivity index (χ1n) is 6.91. The van der Waals surface area contributed by atoms with Crippen molar-refractivity contribution in [2.45, 2.75) is 19.4 Å². The second-order valence-corrected chi connectivity index (χ2v) is 5.15. The molecule has 5 heteroatoms. The van der Waals surface area contributed by atoms with Crippen molar-refractivity contribution < 1.29 is 9.32 Å². The zero-order chi connectivity index (χ0) is 13.8. The van der Waals surface area contributed by atoms with Gasteiger partial charge in [-0.1, -0.05) is 35.5 Å². The smallest absolute Gasteiger partial charge is 0.241 e. The fourth-order valence-electron chi connectivity index (χ4n) is 2.56. The van der Waals surface area contributed by atoms with E-state index < -0.39 is 0 Å². The summed E-state index contributed by atoms with van der Waals surface area (Å²) >= 11 is 0. The van der Waals surface area contributed by atoms with E-state index in [2.05, 4.69) is 15.0 Å². The average molecular weight is 271 g/mol. The lowest BCUT2D eigenvalue weighted by Crippen LogP contribution is -2.35. The van der Waals surface area contributed by atoms with Crippen molar-refractivity contribution in [2.75, 3.05) is 13.1 Å². The van der Waals surface area contributed by atoms with Crippen LogP contribution in [0, 0.1) is 5.92 Å². The number of carbonyl (C=O) groups excluding carboxylic acids is 1. The summed E-state index contributed by atoms with van der Waals surface area (Å²) in [4.78, 5) is 17.5. The van der Waals surface area contributed by atoms with Crippen molar-refractivity contribution in [3.05, 3.63) is 36.2 Å². The molecule has 5 nitrogen and oxygen atoms in total. The molecule has 0 bridgehead atoms. The van der Waals surface area contributed by atoms with Crippen LogP contribution in [0.15, 0.2) is 34.9 Å². The molecule has 104 valence electrons. The third-order valence-electron chi connectivity index (χ3n) is 3.59. The van der Waals surface area contributed by atoms with Crippen LogP contribution in [0.5, 0.6) is 0 Å². The quantitative estimate of drug-likeness (QED) is 0.797. The van der Waals surface area contributed by atoms with Crippen molar-refractivity contribution >= 4 is 6.29 Å². The highest BCUT2D eigenvalue weighted by molar-refractivity contribution is 5.54. The minimum atomic E-state index is 0.139. The van der Waals surface area contributed by atoms with Gasteiger partial charge in [0.15, 0.2) is 0 Å². The summed E-state index contributed by atoms with van der Waals surface area (Å²) in [5.74, 6) is 1.36. The fourth-order valence-corrected chi connectivity index (χ4v) is 2.56. The Morgan fingerprint density at radius 3 is 3.00 bits per heavy atom. The third-order valence-corrected chi connectivity index (χ3v) is 3.59. The number of hydrogen-bond acceptors (Lipinski definition) is 5. The Bertz CT molecular complexity index is 568. The van der Waals surface area contributed by atoms with Crippen LogP contribution in [0.1, 0.15) is 18.7 Å². The number of rotatable bonds is 4. The Morgan fingerprint density at radius 1 is 1.35 bits per heavy atom. The number of hydrogen-bond donors (Lipinski definition) is 0. The summed E-state index contributed by atoms with van der Waals surface area (Å²) in [6.07, 6.45) is 3.08. The maximum Gasteiger partial charge on any atom is 0.241 e. The molecular weight excluding hydrogens is 254 g/mol. The van der Waals surface area contributed by atoms with Crippen LogP contribution in [0.2, 0.25) is 0 Å². The van der Waals surface area contributed by atoms with Crippen molar-refractivity contribution in [1.29, 1.82) is 0 Å². The van der Waals surface area contributed by atoms with Crippen molar-refractivity contribution in [1.82, 2.24) is 15.0 Å². The lowest BCUT2D eigenvalue weighted by molar-refractivity contribution is -0.112. The van der Waals surface area contributed by atoms with E-state index in [1.54, 1.807) is 0 Å². The van der Waals surface area contributed by atoms with E-state index in [0.717, 1.165) is 37.8 Å². The molecule has 1 aromatic carbocycles. The van der Waals surface area contributed by atoms with Crippen LogP contribution in [0.3, 0.4) is 0 Å². The van der Waals surface area contributed by atoms with Gasteiger partial charge in [-0.05, 0) is 19.4 Å². The van der Waals surface area contributed by atoms with Crippen molar-refractivity contribution in [3.8, 4) is 11.4 Å². The van der Waals surface area contributed by atoms with E-state index in [0.29, 0.717) is 18.3 Å². The normalized spacial score (nSPS) is 19.9. The standard InChI is InChI=1S/C15H17N3O2/c19-11-12-5-4-8-18(9-12)10-14-16-15(17-20-14)13-6-2-1-3-7-13/h1-3,6-7,11-12H,4-5,8-10H2. The maximum atomic E-state index is 10.9. The minimum Gasteiger partial charge on any atom is -0.338 e. The average Bonchev–Trinajstić information content (AvgIpc) is 2.97. The number of nitrogens with zero attached hydrogens (tertiary/aromatic N) is 3. The summed E-state index contributed by atoms with van der Waals surface area (Å²) < 4.78 is 5.30. The Labute approximate surface area is 117 Å². The van der Waals surface area contributed by atoms with Gasteiger partial charge in [-0.25, -0.2) is 0 Å². The molecule has 0 saturated carbocycles. The molecule has 1 atom stereocenters. The molecule has 2 heterocycles. The number of benzene rings is 1. The summed E-state index contributed by atoms with van der Waals surface area (Å²) in [7, 11) is 0. The number of likely N-dealkylation sites (tertiary alicyclic amines) is 1. The first kappa shape index (κ1) is 13.0. The molecule has 1 aromatic heterocycles. The molecular formula is C15H17N3O2. The van der Waals surface area contributed by atoms with E-state index in [1.807, 2.05) is 30.3 Å². The van der Waals surface area contributed by atoms with Crippen LogP contribution < -0.4 is 0 Å². The first-order chi connectivity index (χ1) is 9.85. The van der Waals surface area contributed by atoms with Gasteiger partial charge in [0.25, 0.3) is 0 Å². The van der Waals surface area contributed by atoms with Gasteiger partial charge in [0.05, 0.1) is 6.54 Å². The zero-order valence-corrected chi connectivity index (χ0v) is 11.2. The highest BCUT2D eigenvalue weighted by Gasteiger charge is 2.21. The highest BCUT2D eigenvalue weighted by atomic mass is 16.5. The van der Waals surface area contributed by atoms with Crippen LogP contribution in [-0.4, -0.2) is 34.4 Å². The van der Waals surface area contributed by atoms with E-state index in [-0.39, 0.29) is 5.92 Å². The van der Waals surface area contributed by atoms with Crippen LogP contribution in [-0.2, 0) is 11.3 Å². The van der Waals surface area contributed by atoms with Gasteiger partial charge in [0.1, 0.15) is 6.29 Å². The van der Waals surface area contributed by atoms with Crippen LogP contribution >= 0.6 is 0 Å². The van der Waals surface area contributed by atoms with E-state index in [9.17, 15) is 4.79 Å². The Hall–Kier alpha value is -2.01. The zero-order valence-electron chi connectivity index (χ0n) is 11.2. The van der Waals surface area contributed by atoms with Crippen LogP contribution in [0.4, 0.5) is 0 Å². The second-order valence-electron chi connectivity index (χ2n) is 5.15. The predicted octanol–water partition coefficient (Wildman–Crippen LogP) is 2.15. The summed E-state index contributed by atoms with van der Waals surface area (Å²) in [5.41, 5.74) is 0.951. The lowest BCUT2D eigenvalue weighted by Gasteiger charge is -2.28. The monoisotopic (exact) mass is 271 g/mol. The number of aldehydes is 1. The summed E-state index contributed by atoms with van der Waals surface area (Å²) in [6, 6.07) is 9.77. The van der Waals surface area contributed by atoms with E-state index >= 15 is 0 Å². The molecule has 1 fully saturated rings. The first-order valence-corrected chi connectivity index (χ1v) is 6.91. The maximum absolute atomic E-state index is 10.9. The molecule has 0 N–H and O–H groups in total. The van der Waals surface area contributed by atoms with Crippen molar-refractivity contribution in [3.63, 3.8) is 0 Å². The number of carbonyl (C=O) groups is 1. The molecule has 20 heavy (non-hydrogen) atoms. The SMILES string of the molecule is O=CC1CCCN(Cc2nc(-c3ccccc3)no2)C1. The van der Waals surface area contributed by atoms with Gasteiger partial charge in [-0.2, -0.15) is 4.98 Å². The summed E-state index contributed by atoms with van der Waals surface area (Å²) in [5, 5.41) is 4.01. The molecule has 2 aromatic rings. The second kappa shape index (κ2) is 5.96. The lowest BCUT2D eigenvalue weighted by atomic mass is 10.00. The molecule has 1 saturated heterocycles. The largest absolute Gasteiger partial charge is 0.338 e. The predicted molar refractivity (Wildman–Crippen MR) is 73.8 cm³/mol. The minimum absolute atomic E-state index is 0.139. The molecule has 1 aliphatic heterocycles. The van der Waals surface area contributed by atoms with Gasteiger partial charge in [-0.3, -0.25) is 4.90 Å². The summed E-state index contributed by atoms with van der Waals surface area (Å²) in [6.45, 7) is 2.38. The van der Waals surface area contributed by atoms with E-state index in [1.165, 1.54) is 0 Å². The van der Waals surface area contributed by atoms with Gasteiger partial charge in [0, 0.05) is 18.0 Å². The topological polar surface area (TPSA) is 59.2 Å². The third kappa shape index (κ3) is 2.93. The fraction of sp³-hybridized carbons (Fsp3) is 0.400. The molecule has 0 amide bonds. The molecule has 1 unspecified atom stereocenters.